The number of nitrogens with one attached hydrogen (secondary N) is 1. The Balaban J connectivity index is 1.66. The Hall–Kier alpha value is -3.23. The average Bonchev–Trinajstić information content (AvgIpc) is 2.88. The van der Waals surface area contributed by atoms with E-state index in [0.717, 1.165) is 11.1 Å². The second-order valence-corrected chi connectivity index (χ2v) is 9.12. The van der Waals surface area contributed by atoms with E-state index in [-0.39, 0.29) is 22.9 Å². The molecule has 1 aliphatic rings. The van der Waals surface area contributed by atoms with Crippen LogP contribution in [0, 0.1) is 6.92 Å². The number of aromatic nitrogens is 1. The van der Waals surface area contributed by atoms with Gasteiger partial charge in [0.1, 0.15) is 5.75 Å². The van der Waals surface area contributed by atoms with E-state index in [4.69, 9.17) is 4.74 Å². The van der Waals surface area contributed by atoms with Gasteiger partial charge in [-0.3, -0.25) is 9.69 Å². The van der Waals surface area contributed by atoms with E-state index in [1.54, 1.807) is 18.3 Å². The fourth-order valence-corrected chi connectivity index (χ4v) is 4.40. The number of ether oxygens (including phenoxy) is 1. The summed E-state index contributed by atoms with van der Waals surface area (Å²) in [6, 6.07) is 15.4. The number of hydrogen-bond acceptors (Lipinski definition) is 5. The maximum atomic E-state index is 13.3. The molecule has 0 aliphatic carbocycles. The lowest BCUT2D eigenvalue weighted by Crippen LogP contribution is -2.32. The van der Waals surface area contributed by atoms with Crippen molar-refractivity contribution in [1.29, 1.82) is 0 Å². The second kappa shape index (κ2) is 8.49. The van der Waals surface area contributed by atoms with Crippen LogP contribution in [-0.4, -0.2) is 25.9 Å². The van der Waals surface area contributed by atoms with Crippen LogP contribution in [0.1, 0.15) is 34.8 Å². The molecule has 0 saturated heterocycles. The molecule has 8 heteroatoms. The number of sulfonamides is 1. The molecule has 3 aromatic rings. The molecule has 1 N–H and O–H groups in total. The van der Waals surface area contributed by atoms with Crippen molar-refractivity contribution in [1.82, 2.24) is 9.71 Å². The number of nitrogens with zero attached hydrogens (tertiary/aromatic N) is 2. The van der Waals surface area contributed by atoms with Gasteiger partial charge in [-0.2, -0.15) is 0 Å². The molecule has 160 valence electrons. The molecule has 2 aromatic carbocycles. The van der Waals surface area contributed by atoms with Crippen molar-refractivity contribution in [3.8, 4) is 11.5 Å². The Bertz CT molecular complexity index is 1220. The number of fused-ring (bicyclic) bond motifs is 2. The number of pyridine rings is 1. The van der Waals surface area contributed by atoms with Gasteiger partial charge in [-0.15, -0.1) is 0 Å². The summed E-state index contributed by atoms with van der Waals surface area (Å²) in [5, 5.41) is 0. The fraction of sp³-hybridized carbons (Fsp3) is 0.217. The zero-order chi connectivity index (χ0) is 22.0. The minimum absolute atomic E-state index is 0.00526. The smallest absolute Gasteiger partial charge is 0.263 e. The Morgan fingerprint density at radius 2 is 1.84 bits per heavy atom. The molecule has 0 atom stereocenters. The van der Waals surface area contributed by atoms with Gasteiger partial charge in [0, 0.05) is 19.3 Å². The van der Waals surface area contributed by atoms with Crippen LogP contribution < -0.4 is 14.4 Å². The normalized spacial score (nSPS) is 13.2. The van der Waals surface area contributed by atoms with Crippen molar-refractivity contribution in [2.75, 3.05) is 11.4 Å². The summed E-state index contributed by atoms with van der Waals surface area (Å²) in [6.07, 6.45) is 2.31. The molecule has 0 saturated carbocycles. The largest absolute Gasteiger partial charge is 0.453 e. The summed E-state index contributed by atoms with van der Waals surface area (Å²) in [5.41, 5.74) is 2.13. The number of benzene rings is 2. The molecule has 1 aliphatic heterocycles. The van der Waals surface area contributed by atoms with Crippen LogP contribution in [0.25, 0.3) is 0 Å². The van der Waals surface area contributed by atoms with Crippen molar-refractivity contribution in [2.24, 2.45) is 0 Å². The van der Waals surface area contributed by atoms with Crippen LogP contribution in [0.2, 0.25) is 0 Å². The molecule has 31 heavy (non-hydrogen) atoms. The molecular weight excluding hydrogens is 414 g/mol. The van der Waals surface area contributed by atoms with Gasteiger partial charge in [0.25, 0.3) is 5.91 Å². The lowest BCUT2D eigenvalue weighted by molar-refractivity contribution is 0.0986. The number of aryl methyl sites for hydroxylation is 1. The third-order valence-electron chi connectivity index (χ3n) is 5.00. The van der Waals surface area contributed by atoms with Gasteiger partial charge < -0.3 is 4.74 Å². The molecule has 0 spiro atoms. The summed E-state index contributed by atoms with van der Waals surface area (Å²) in [4.78, 5) is 19.1. The van der Waals surface area contributed by atoms with Gasteiger partial charge in [0.15, 0.2) is 11.6 Å². The molecule has 2 heterocycles. The van der Waals surface area contributed by atoms with E-state index in [1.165, 1.54) is 23.1 Å². The van der Waals surface area contributed by atoms with E-state index in [0.29, 0.717) is 30.3 Å². The Kier molecular flexibility index (Phi) is 5.75. The fourth-order valence-electron chi connectivity index (χ4n) is 3.36. The minimum Gasteiger partial charge on any atom is -0.453 e. The first-order chi connectivity index (χ1) is 14.9. The summed E-state index contributed by atoms with van der Waals surface area (Å²) in [6.45, 7) is 4.52. The van der Waals surface area contributed by atoms with Crippen molar-refractivity contribution >= 4 is 21.7 Å². The molecule has 4 rings (SSSR count). The van der Waals surface area contributed by atoms with Crippen LogP contribution >= 0.6 is 0 Å². The topological polar surface area (TPSA) is 88.6 Å². The zero-order valence-electron chi connectivity index (χ0n) is 17.3. The molecule has 0 bridgehead atoms. The van der Waals surface area contributed by atoms with E-state index in [1.807, 2.05) is 38.1 Å². The average molecular weight is 438 g/mol. The van der Waals surface area contributed by atoms with Crippen LogP contribution in [0.4, 0.5) is 5.82 Å². The first-order valence-electron chi connectivity index (χ1n) is 10.0. The SMILES string of the molecule is CCCN1C(=O)c2cc(S(=O)(=O)NCc3ccc(C)cc3)ccc2Oc2cccnc21. The highest BCUT2D eigenvalue weighted by Crippen LogP contribution is 2.38. The zero-order valence-corrected chi connectivity index (χ0v) is 18.1. The number of carbonyl (C=O) groups is 1. The van der Waals surface area contributed by atoms with Gasteiger partial charge in [0.05, 0.1) is 10.5 Å². The predicted octanol–water partition coefficient (Wildman–Crippen LogP) is 4.03. The maximum Gasteiger partial charge on any atom is 0.263 e. The first-order valence-corrected chi connectivity index (χ1v) is 11.5. The molecular formula is C23H23N3O4S. The summed E-state index contributed by atoms with van der Waals surface area (Å²) < 4.78 is 34.3. The first kappa shape index (κ1) is 21.0. The third kappa shape index (κ3) is 4.30. The number of carbonyl (C=O) groups excluding carboxylic acids is 1. The van der Waals surface area contributed by atoms with Crippen molar-refractivity contribution in [3.05, 3.63) is 77.5 Å². The summed E-state index contributed by atoms with van der Waals surface area (Å²) in [5.74, 6) is 0.837. The number of amides is 1. The molecule has 7 nitrogen and oxygen atoms in total. The van der Waals surface area contributed by atoms with Crippen LogP contribution in [0.15, 0.2) is 65.7 Å². The highest BCUT2D eigenvalue weighted by molar-refractivity contribution is 7.89. The third-order valence-corrected chi connectivity index (χ3v) is 6.40. The molecule has 0 unspecified atom stereocenters. The molecule has 1 aromatic heterocycles. The van der Waals surface area contributed by atoms with Crippen molar-refractivity contribution in [3.63, 3.8) is 0 Å². The van der Waals surface area contributed by atoms with E-state index in [9.17, 15) is 13.2 Å². The quantitative estimate of drug-likeness (QED) is 0.629. The molecule has 1 amide bonds. The summed E-state index contributed by atoms with van der Waals surface area (Å²) >= 11 is 0. The van der Waals surface area contributed by atoms with Gasteiger partial charge >= 0.3 is 0 Å². The highest BCUT2D eigenvalue weighted by Gasteiger charge is 2.30. The molecule has 0 radical (unpaired) electrons. The minimum atomic E-state index is -3.83. The van der Waals surface area contributed by atoms with Gasteiger partial charge in [-0.25, -0.2) is 18.1 Å². The lowest BCUT2D eigenvalue weighted by atomic mass is 10.1. The monoisotopic (exact) mass is 437 g/mol. The van der Waals surface area contributed by atoms with Gasteiger partial charge in [-0.1, -0.05) is 36.8 Å². The van der Waals surface area contributed by atoms with Crippen molar-refractivity contribution in [2.45, 2.75) is 31.7 Å². The number of anilines is 1. The van der Waals surface area contributed by atoms with Crippen molar-refractivity contribution < 1.29 is 17.9 Å². The number of rotatable bonds is 6. The predicted molar refractivity (Wildman–Crippen MR) is 118 cm³/mol. The second-order valence-electron chi connectivity index (χ2n) is 7.35. The maximum absolute atomic E-state index is 13.3. The standard InChI is InChI=1S/C23H23N3O4S/c1-3-13-26-22-21(5-4-12-24-22)30-20-11-10-18(14-19(20)23(26)27)31(28,29)25-15-17-8-6-16(2)7-9-17/h4-12,14,25H,3,13,15H2,1-2H3. The van der Waals surface area contributed by atoms with Crippen LogP contribution in [-0.2, 0) is 16.6 Å². The van der Waals surface area contributed by atoms with E-state index in [2.05, 4.69) is 9.71 Å². The van der Waals surface area contributed by atoms with Gasteiger partial charge in [-0.05, 0) is 49.2 Å². The van der Waals surface area contributed by atoms with E-state index >= 15 is 0 Å². The van der Waals surface area contributed by atoms with Crippen LogP contribution in [0.5, 0.6) is 11.5 Å². The van der Waals surface area contributed by atoms with Gasteiger partial charge in [0.2, 0.25) is 10.0 Å². The Labute approximate surface area is 181 Å². The van der Waals surface area contributed by atoms with E-state index < -0.39 is 10.0 Å². The Morgan fingerprint density at radius 1 is 1.06 bits per heavy atom. The summed E-state index contributed by atoms with van der Waals surface area (Å²) in [7, 11) is -3.83. The number of hydrogen-bond donors (Lipinski definition) is 1. The highest BCUT2D eigenvalue weighted by atomic mass is 32.2. The van der Waals surface area contributed by atoms with Crippen LogP contribution in [0.3, 0.4) is 0 Å². The lowest BCUT2D eigenvalue weighted by Gasteiger charge is -2.20. The Morgan fingerprint density at radius 3 is 2.58 bits per heavy atom. The molecule has 0 fully saturated rings.